The first-order valence-electron chi connectivity index (χ1n) is 5.15. The lowest BCUT2D eigenvalue weighted by atomic mass is 10.0. The monoisotopic (exact) mass is 237 g/mol. The van der Waals surface area contributed by atoms with Crippen LogP contribution in [0.25, 0.3) is 0 Å². The standard InChI is InChI=1S/C9H16ClNO2S/c1-7-4-5-11(6-9(7)10)14(12,13)8-2-3-8/h7-9H,2-6H2,1H3. The van der Waals surface area contributed by atoms with Gasteiger partial charge in [-0.2, -0.15) is 0 Å². The van der Waals surface area contributed by atoms with Crippen LogP contribution in [-0.2, 0) is 10.0 Å². The van der Waals surface area contributed by atoms with Crippen LogP contribution in [0.3, 0.4) is 0 Å². The van der Waals surface area contributed by atoms with Crippen LogP contribution < -0.4 is 0 Å². The fourth-order valence-electron chi connectivity index (χ4n) is 1.80. The van der Waals surface area contributed by atoms with Crippen LogP contribution in [0.5, 0.6) is 0 Å². The van der Waals surface area contributed by atoms with Crippen LogP contribution in [0.15, 0.2) is 0 Å². The number of nitrogens with zero attached hydrogens (tertiary/aromatic N) is 1. The molecule has 0 aromatic carbocycles. The van der Waals surface area contributed by atoms with E-state index in [4.69, 9.17) is 11.6 Å². The summed E-state index contributed by atoms with van der Waals surface area (Å²) >= 11 is 6.09. The second kappa shape index (κ2) is 3.65. The number of sulfonamides is 1. The number of hydrogen-bond acceptors (Lipinski definition) is 2. The Morgan fingerprint density at radius 2 is 1.93 bits per heavy atom. The molecule has 82 valence electrons. The highest BCUT2D eigenvalue weighted by Crippen LogP contribution is 2.33. The summed E-state index contributed by atoms with van der Waals surface area (Å²) in [6, 6.07) is 0. The van der Waals surface area contributed by atoms with Crippen molar-refractivity contribution in [2.24, 2.45) is 5.92 Å². The average molecular weight is 238 g/mol. The molecule has 3 nitrogen and oxygen atoms in total. The summed E-state index contributed by atoms with van der Waals surface area (Å²) in [5, 5.41) is -0.114. The molecule has 1 aliphatic carbocycles. The largest absolute Gasteiger partial charge is 0.217 e. The molecule has 14 heavy (non-hydrogen) atoms. The maximum Gasteiger partial charge on any atom is 0.217 e. The van der Waals surface area contributed by atoms with Gasteiger partial charge < -0.3 is 0 Å². The van der Waals surface area contributed by atoms with E-state index >= 15 is 0 Å². The van der Waals surface area contributed by atoms with Crippen molar-refractivity contribution >= 4 is 21.6 Å². The van der Waals surface area contributed by atoms with Gasteiger partial charge in [0.1, 0.15) is 0 Å². The van der Waals surface area contributed by atoms with Gasteiger partial charge in [0.2, 0.25) is 10.0 Å². The van der Waals surface area contributed by atoms with Crippen LogP contribution >= 0.6 is 11.6 Å². The SMILES string of the molecule is CC1CCN(S(=O)(=O)C2CC2)CC1Cl. The third-order valence-electron chi connectivity index (χ3n) is 3.13. The van der Waals surface area contributed by atoms with Gasteiger partial charge in [-0.25, -0.2) is 12.7 Å². The van der Waals surface area contributed by atoms with E-state index in [1.54, 1.807) is 4.31 Å². The van der Waals surface area contributed by atoms with Crippen LogP contribution in [0.2, 0.25) is 0 Å². The summed E-state index contributed by atoms with van der Waals surface area (Å²) in [4.78, 5) is 0. The lowest BCUT2D eigenvalue weighted by molar-refractivity contribution is 0.293. The van der Waals surface area contributed by atoms with Gasteiger partial charge in [-0.1, -0.05) is 6.92 Å². The summed E-state index contributed by atoms with van der Waals surface area (Å²) in [6.07, 6.45) is 2.56. The number of hydrogen-bond donors (Lipinski definition) is 0. The molecule has 2 aliphatic rings. The van der Waals surface area contributed by atoms with E-state index in [1.165, 1.54) is 0 Å². The first-order chi connectivity index (χ1) is 6.51. The zero-order chi connectivity index (χ0) is 10.3. The van der Waals surface area contributed by atoms with Gasteiger partial charge in [-0.05, 0) is 25.2 Å². The molecule has 0 bridgehead atoms. The number of alkyl halides is 1. The Balaban J connectivity index is 2.05. The van der Waals surface area contributed by atoms with E-state index in [-0.39, 0.29) is 10.6 Å². The minimum absolute atomic E-state index is 0.0164. The predicted octanol–water partition coefficient (Wildman–Crippen LogP) is 1.43. The first kappa shape index (κ1) is 10.7. The highest BCUT2D eigenvalue weighted by atomic mass is 35.5. The molecular weight excluding hydrogens is 222 g/mol. The molecule has 1 saturated heterocycles. The Hall–Kier alpha value is 0.200. The van der Waals surface area contributed by atoms with Crippen molar-refractivity contribution in [3.63, 3.8) is 0 Å². The van der Waals surface area contributed by atoms with Gasteiger partial charge >= 0.3 is 0 Å². The summed E-state index contributed by atoms with van der Waals surface area (Å²) < 4.78 is 25.3. The normalized spacial score (nSPS) is 35.9. The Labute approximate surface area is 90.5 Å². The average Bonchev–Trinajstić information content (AvgIpc) is 2.92. The summed E-state index contributed by atoms with van der Waals surface area (Å²) in [5.74, 6) is 0.433. The summed E-state index contributed by atoms with van der Waals surface area (Å²) in [6.45, 7) is 3.24. The topological polar surface area (TPSA) is 37.4 Å². The highest BCUT2D eigenvalue weighted by Gasteiger charge is 2.42. The van der Waals surface area contributed by atoms with Crippen molar-refractivity contribution in [2.75, 3.05) is 13.1 Å². The van der Waals surface area contributed by atoms with Crippen molar-refractivity contribution in [3.8, 4) is 0 Å². The van der Waals surface area contributed by atoms with E-state index in [0.717, 1.165) is 19.3 Å². The van der Waals surface area contributed by atoms with E-state index in [0.29, 0.717) is 19.0 Å². The van der Waals surface area contributed by atoms with Gasteiger partial charge in [0.05, 0.1) is 5.25 Å². The number of halogens is 1. The van der Waals surface area contributed by atoms with E-state index in [2.05, 4.69) is 6.92 Å². The molecule has 0 aromatic rings. The molecule has 0 N–H and O–H groups in total. The van der Waals surface area contributed by atoms with Crippen molar-refractivity contribution in [2.45, 2.75) is 36.8 Å². The van der Waals surface area contributed by atoms with Gasteiger partial charge in [-0.3, -0.25) is 0 Å². The molecule has 0 aromatic heterocycles. The third kappa shape index (κ3) is 1.92. The van der Waals surface area contributed by atoms with Crippen LogP contribution in [0.1, 0.15) is 26.2 Å². The van der Waals surface area contributed by atoms with Crippen molar-refractivity contribution < 1.29 is 8.42 Å². The zero-order valence-electron chi connectivity index (χ0n) is 8.32. The Morgan fingerprint density at radius 1 is 1.29 bits per heavy atom. The molecular formula is C9H16ClNO2S. The van der Waals surface area contributed by atoms with Gasteiger partial charge in [0.15, 0.2) is 0 Å². The molecule has 1 saturated carbocycles. The highest BCUT2D eigenvalue weighted by molar-refractivity contribution is 7.90. The van der Waals surface area contributed by atoms with Crippen LogP contribution in [-0.4, -0.2) is 36.4 Å². The third-order valence-corrected chi connectivity index (χ3v) is 6.07. The fraction of sp³-hybridized carbons (Fsp3) is 1.00. The predicted molar refractivity (Wildman–Crippen MR) is 56.9 cm³/mol. The van der Waals surface area contributed by atoms with Crippen molar-refractivity contribution in [3.05, 3.63) is 0 Å². The van der Waals surface area contributed by atoms with Gasteiger partial charge in [0, 0.05) is 18.5 Å². The smallest absolute Gasteiger partial charge is 0.212 e. The quantitative estimate of drug-likeness (QED) is 0.682. The Bertz CT molecular complexity index is 313. The zero-order valence-corrected chi connectivity index (χ0v) is 9.89. The second-order valence-corrected chi connectivity index (χ2v) is 7.16. The molecule has 1 aliphatic heterocycles. The lowest BCUT2D eigenvalue weighted by Crippen LogP contribution is -2.45. The van der Waals surface area contributed by atoms with Gasteiger partial charge in [0.25, 0.3) is 0 Å². The molecule has 2 atom stereocenters. The molecule has 5 heteroatoms. The minimum atomic E-state index is -3.00. The minimum Gasteiger partial charge on any atom is -0.212 e. The lowest BCUT2D eigenvalue weighted by Gasteiger charge is -2.33. The van der Waals surface area contributed by atoms with Crippen molar-refractivity contribution in [1.82, 2.24) is 4.31 Å². The molecule has 2 unspecified atom stereocenters. The second-order valence-electron chi connectivity index (χ2n) is 4.38. The van der Waals surface area contributed by atoms with Crippen LogP contribution in [0.4, 0.5) is 0 Å². The summed E-state index contributed by atoms with van der Waals surface area (Å²) in [7, 11) is -3.00. The first-order valence-corrected chi connectivity index (χ1v) is 7.09. The fourth-order valence-corrected chi connectivity index (χ4v) is 4.06. The molecule has 0 amide bonds. The van der Waals surface area contributed by atoms with Crippen LogP contribution in [0, 0.1) is 5.92 Å². The van der Waals surface area contributed by atoms with E-state index in [9.17, 15) is 8.42 Å². The van der Waals surface area contributed by atoms with Gasteiger partial charge in [-0.15, -0.1) is 11.6 Å². The maximum atomic E-state index is 11.9. The van der Waals surface area contributed by atoms with E-state index in [1.807, 2.05) is 0 Å². The molecule has 0 radical (unpaired) electrons. The van der Waals surface area contributed by atoms with Crippen molar-refractivity contribution in [1.29, 1.82) is 0 Å². The number of piperidine rings is 1. The molecule has 0 spiro atoms. The molecule has 2 rings (SSSR count). The Kier molecular flexibility index (Phi) is 2.79. The Morgan fingerprint density at radius 3 is 2.43 bits per heavy atom. The molecule has 1 heterocycles. The van der Waals surface area contributed by atoms with E-state index < -0.39 is 10.0 Å². The number of rotatable bonds is 2. The summed E-state index contributed by atoms with van der Waals surface area (Å²) in [5.41, 5.74) is 0. The maximum absolute atomic E-state index is 11.9. The molecule has 2 fully saturated rings.